The summed E-state index contributed by atoms with van der Waals surface area (Å²) in [6.07, 6.45) is 3.43. The summed E-state index contributed by atoms with van der Waals surface area (Å²) < 4.78 is 0. The number of H-pyrrole nitrogens is 1. The van der Waals surface area contributed by atoms with Crippen LogP contribution in [0.4, 0.5) is 5.95 Å². The highest BCUT2D eigenvalue weighted by molar-refractivity contribution is 7.11. The third-order valence-corrected chi connectivity index (χ3v) is 3.01. The largest absolute Gasteiger partial charge is 0.291 e. The zero-order chi connectivity index (χ0) is 12.8. The molecule has 0 aromatic carbocycles. The van der Waals surface area contributed by atoms with E-state index in [9.17, 15) is 4.79 Å². The second-order valence-corrected chi connectivity index (χ2v) is 4.70. The number of hydrogen-bond donors (Lipinski definition) is 2. The van der Waals surface area contributed by atoms with Crippen LogP contribution in [0.15, 0.2) is 33.5 Å². The lowest BCUT2D eigenvalue weighted by Gasteiger charge is -2.01. The molecule has 0 atom stereocenters. The first-order chi connectivity index (χ1) is 8.78. The Balaban J connectivity index is 2.07. The van der Waals surface area contributed by atoms with Gasteiger partial charge in [-0.1, -0.05) is 19.4 Å². The van der Waals surface area contributed by atoms with Crippen molar-refractivity contribution in [3.8, 4) is 0 Å². The first-order valence-corrected chi connectivity index (χ1v) is 6.58. The van der Waals surface area contributed by atoms with Gasteiger partial charge in [0.1, 0.15) is 0 Å². The molecule has 0 saturated carbocycles. The average Bonchev–Trinajstić information content (AvgIpc) is 2.82. The van der Waals surface area contributed by atoms with Gasteiger partial charge in [-0.3, -0.25) is 9.78 Å². The minimum Gasteiger partial charge on any atom is -0.291 e. The molecule has 2 N–H and O–H groups in total. The van der Waals surface area contributed by atoms with Gasteiger partial charge in [-0.2, -0.15) is 5.10 Å². The zero-order valence-corrected chi connectivity index (χ0v) is 10.8. The van der Waals surface area contributed by atoms with Gasteiger partial charge in [-0.05, 0) is 17.9 Å². The highest BCUT2D eigenvalue weighted by Crippen LogP contribution is 2.05. The maximum absolute atomic E-state index is 11.4. The first-order valence-electron chi connectivity index (χ1n) is 5.70. The fraction of sp³-hybridized carbons (Fsp3) is 0.250. The van der Waals surface area contributed by atoms with E-state index in [4.69, 9.17) is 0 Å². The highest BCUT2D eigenvalue weighted by Gasteiger charge is 1.99. The Hall–Kier alpha value is -1.95. The number of hydrazone groups is 1. The van der Waals surface area contributed by atoms with Crippen LogP contribution >= 0.6 is 11.3 Å². The maximum Gasteiger partial charge on any atom is 0.252 e. The molecule has 5 nitrogen and oxygen atoms in total. The Morgan fingerprint density at radius 3 is 3.22 bits per heavy atom. The van der Waals surface area contributed by atoms with Crippen LogP contribution in [0.2, 0.25) is 0 Å². The van der Waals surface area contributed by atoms with Crippen molar-refractivity contribution >= 4 is 23.5 Å². The molecule has 2 aromatic heterocycles. The van der Waals surface area contributed by atoms with Crippen molar-refractivity contribution in [2.24, 2.45) is 5.10 Å². The molecule has 6 heteroatoms. The van der Waals surface area contributed by atoms with E-state index in [1.807, 2.05) is 24.4 Å². The van der Waals surface area contributed by atoms with Gasteiger partial charge in [-0.25, -0.2) is 10.4 Å². The molecule has 18 heavy (non-hydrogen) atoms. The molecule has 2 heterocycles. The SMILES string of the molecule is CCCc1cc(=O)[nH]c(N/N=C/c2cccs2)n1. The van der Waals surface area contributed by atoms with Crippen LogP contribution in [-0.2, 0) is 6.42 Å². The smallest absolute Gasteiger partial charge is 0.252 e. The van der Waals surface area contributed by atoms with E-state index in [0.29, 0.717) is 5.95 Å². The molecule has 0 saturated heterocycles. The van der Waals surface area contributed by atoms with Crippen LogP contribution in [0.1, 0.15) is 23.9 Å². The van der Waals surface area contributed by atoms with E-state index in [2.05, 4.69) is 20.5 Å². The van der Waals surface area contributed by atoms with Crippen LogP contribution in [-0.4, -0.2) is 16.2 Å². The predicted octanol–water partition coefficient (Wildman–Crippen LogP) is 2.23. The quantitative estimate of drug-likeness (QED) is 0.641. The molecular weight excluding hydrogens is 248 g/mol. The van der Waals surface area contributed by atoms with Crippen LogP contribution < -0.4 is 11.0 Å². The highest BCUT2D eigenvalue weighted by atomic mass is 32.1. The normalized spacial score (nSPS) is 10.9. The average molecular weight is 262 g/mol. The van der Waals surface area contributed by atoms with Crippen molar-refractivity contribution < 1.29 is 0 Å². The molecule has 2 rings (SSSR count). The van der Waals surface area contributed by atoms with Gasteiger partial charge >= 0.3 is 0 Å². The van der Waals surface area contributed by atoms with Crippen molar-refractivity contribution in [2.45, 2.75) is 19.8 Å². The molecule has 0 aliphatic rings. The van der Waals surface area contributed by atoms with Crippen LogP contribution in [0, 0.1) is 0 Å². The number of nitrogens with one attached hydrogen (secondary N) is 2. The Morgan fingerprint density at radius 2 is 2.50 bits per heavy atom. The number of hydrogen-bond acceptors (Lipinski definition) is 5. The summed E-state index contributed by atoms with van der Waals surface area (Å²) in [5.41, 5.74) is 3.34. The molecule has 0 radical (unpaired) electrons. The van der Waals surface area contributed by atoms with Gasteiger partial charge in [0.05, 0.1) is 6.21 Å². The summed E-state index contributed by atoms with van der Waals surface area (Å²) in [5.74, 6) is 0.374. The number of nitrogens with zero attached hydrogens (tertiary/aromatic N) is 2. The minimum absolute atomic E-state index is 0.165. The number of anilines is 1. The second-order valence-electron chi connectivity index (χ2n) is 3.72. The first kappa shape index (κ1) is 12.5. The molecule has 0 amide bonds. The Kier molecular flexibility index (Phi) is 4.25. The molecule has 2 aromatic rings. The van der Waals surface area contributed by atoms with E-state index in [1.54, 1.807) is 17.6 Å². The van der Waals surface area contributed by atoms with E-state index in [0.717, 1.165) is 23.4 Å². The number of aromatic amines is 1. The summed E-state index contributed by atoms with van der Waals surface area (Å²) in [5, 5.41) is 6.00. The number of aromatic nitrogens is 2. The maximum atomic E-state index is 11.4. The van der Waals surface area contributed by atoms with Crippen LogP contribution in [0.5, 0.6) is 0 Å². The molecular formula is C12H14N4OS. The third-order valence-electron chi connectivity index (χ3n) is 2.21. The fourth-order valence-electron chi connectivity index (χ4n) is 1.47. The van der Waals surface area contributed by atoms with E-state index in [-0.39, 0.29) is 5.56 Å². The third kappa shape index (κ3) is 3.53. The Labute approximate surface area is 109 Å². The molecule has 0 unspecified atom stereocenters. The lowest BCUT2D eigenvalue weighted by molar-refractivity contribution is 0.867. The van der Waals surface area contributed by atoms with Crippen molar-refractivity contribution in [1.82, 2.24) is 9.97 Å². The standard InChI is InChI=1S/C12H14N4OS/c1-2-4-9-7-11(17)15-12(14-9)16-13-8-10-5-3-6-18-10/h3,5-8H,2,4H2,1H3,(H2,14,15,16,17)/b13-8+. The van der Waals surface area contributed by atoms with E-state index < -0.39 is 0 Å². The Bertz CT molecular complexity index is 574. The number of aryl methyl sites for hydroxylation is 1. The van der Waals surface area contributed by atoms with Crippen LogP contribution in [0.25, 0.3) is 0 Å². The van der Waals surface area contributed by atoms with Crippen molar-refractivity contribution in [3.63, 3.8) is 0 Å². The monoisotopic (exact) mass is 262 g/mol. The molecule has 0 spiro atoms. The molecule has 94 valence electrons. The van der Waals surface area contributed by atoms with E-state index in [1.165, 1.54) is 6.07 Å². The molecule has 0 bridgehead atoms. The van der Waals surface area contributed by atoms with Gasteiger partial charge in [0.25, 0.3) is 5.56 Å². The molecule has 0 aliphatic carbocycles. The van der Waals surface area contributed by atoms with Gasteiger partial charge in [0, 0.05) is 16.6 Å². The minimum atomic E-state index is -0.165. The lowest BCUT2D eigenvalue weighted by Crippen LogP contribution is -2.11. The second kappa shape index (κ2) is 6.11. The van der Waals surface area contributed by atoms with Gasteiger partial charge < -0.3 is 0 Å². The van der Waals surface area contributed by atoms with Crippen molar-refractivity contribution in [3.05, 3.63) is 44.5 Å². The van der Waals surface area contributed by atoms with Crippen molar-refractivity contribution in [1.29, 1.82) is 0 Å². The predicted molar refractivity (Wildman–Crippen MR) is 74.4 cm³/mol. The summed E-state index contributed by atoms with van der Waals surface area (Å²) in [6.45, 7) is 2.05. The molecule has 0 fully saturated rings. The van der Waals surface area contributed by atoms with E-state index >= 15 is 0 Å². The van der Waals surface area contributed by atoms with Gasteiger partial charge in [0.2, 0.25) is 5.95 Å². The zero-order valence-electron chi connectivity index (χ0n) is 10.0. The summed E-state index contributed by atoms with van der Waals surface area (Å²) in [7, 11) is 0. The number of thiophene rings is 1. The number of rotatable bonds is 5. The topological polar surface area (TPSA) is 70.1 Å². The summed E-state index contributed by atoms with van der Waals surface area (Å²) >= 11 is 1.59. The van der Waals surface area contributed by atoms with Crippen LogP contribution in [0.3, 0.4) is 0 Å². The summed E-state index contributed by atoms with van der Waals surface area (Å²) in [6, 6.07) is 5.42. The fourth-order valence-corrected chi connectivity index (χ4v) is 2.05. The molecule has 0 aliphatic heterocycles. The lowest BCUT2D eigenvalue weighted by atomic mass is 10.2. The Morgan fingerprint density at radius 1 is 1.61 bits per heavy atom. The van der Waals surface area contributed by atoms with Gasteiger partial charge in [-0.15, -0.1) is 11.3 Å². The summed E-state index contributed by atoms with van der Waals surface area (Å²) in [4.78, 5) is 19.3. The van der Waals surface area contributed by atoms with Gasteiger partial charge in [0.15, 0.2) is 0 Å². The van der Waals surface area contributed by atoms with Crippen molar-refractivity contribution in [2.75, 3.05) is 5.43 Å².